The Morgan fingerprint density at radius 1 is 1.26 bits per heavy atom. The number of nitrogens with zero attached hydrogens (tertiary/aromatic N) is 3. The summed E-state index contributed by atoms with van der Waals surface area (Å²) in [5.74, 6) is 0. The van der Waals surface area contributed by atoms with Crippen LogP contribution in [0.2, 0.25) is 5.28 Å². The Bertz CT molecular complexity index is 438. The average Bonchev–Trinajstić information content (AvgIpc) is 3.18. The second-order valence-electron chi connectivity index (χ2n) is 5.39. The molecular formula is C15H24ClN3. The summed E-state index contributed by atoms with van der Waals surface area (Å²) in [4.78, 5) is 11.3. The third-order valence-corrected chi connectivity index (χ3v) is 4.36. The molecule has 1 aromatic rings. The molecule has 3 nitrogen and oxygen atoms in total. The highest BCUT2D eigenvalue weighted by Crippen LogP contribution is 2.43. The molecule has 0 bridgehead atoms. The fourth-order valence-electron chi connectivity index (χ4n) is 2.70. The molecule has 1 aliphatic carbocycles. The van der Waals surface area contributed by atoms with E-state index in [4.69, 9.17) is 11.6 Å². The SMILES string of the molecule is CC.CCc1nc(Cl)nc2c1CN(C1(C)CC1)CC2. The molecule has 0 amide bonds. The maximum absolute atomic E-state index is 5.96. The van der Waals surface area contributed by atoms with E-state index in [2.05, 4.69) is 28.7 Å². The van der Waals surface area contributed by atoms with Crippen LogP contribution in [0.15, 0.2) is 0 Å². The maximum atomic E-state index is 5.96. The lowest BCUT2D eigenvalue weighted by Gasteiger charge is -2.34. The first kappa shape index (κ1) is 14.7. The van der Waals surface area contributed by atoms with Crippen LogP contribution in [0.25, 0.3) is 0 Å². The van der Waals surface area contributed by atoms with E-state index >= 15 is 0 Å². The van der Waals surface area contributed by atoms with Gasteiger partial charge in [0.15, 0.2) is 0 Å². The van der Waals surface area contributed by atoms with Gasteiger partial charge in [-0.25, -0.2) is 9.97 Å². The lowest BCUT2D eigenvalue weighted by atomic mass is 10.0. The number of aryl methyl sites for hydroxylation is 1. The second kappa shape index (κ2) is 5.76. The van der Waals surface area contributed by atoms with Gasteiger partial charge in [0.2, 0.25) is 5.28 Å². The average molecular weight is 282 g/mol. The van der Waals surface area contributed by atoms with E-state index in [0.717, 1.165) is 31.6 Å². The standard InChI is InChI=1S/C13H18ClN3.C2H6/c1-3-10-9-8-17(13(2)5-6-13)7-4-11(9)16-12(14)15-10;1-2/h3-8H2,1-2H3;1-2H3. The van der Waals surface area contributed by atoms with Gasteiger partial charge in [0.1, 0.15) is 0 Å². The molecule has 1 aromatic heterocycles. The molecule has 0 spiro atoms. The Morgan fingerprint density at radius 2 is 1.95 bits per heavy atom. The quantitative estimate of drug-likeness (QED) is 0.775. The summed E-state index contributed by atoms with van der Waals surface area (Å²) in [7, 11) is 0. The number of hydrogen-bond acceptors (Lipinski definition) is 3. The molecule has 3 rings (SSSR count). The topological polar surface area (TPSA) is 29.0 Å². The Morgan fingerprint density at radius 3 is 2.53 bits per heavy atom. The Labute approximate surface area is 121 Å². The molecule has 1 fully saturated rings. The van der Waals surface area contributed by atoms with Gasteiger partial charge >= 0.3 is 0 Å². The number of aromatic nitrogens is 2. The first-order valence-electron chi connectivity index (χ1n) is 7.41. The zero-order chi connectivity index (χ0) is 14.0. The molecule has 0 N–H and O–H groups in total. The second-order valence-corrected chi connectivity index (χ2v) is 5.72. The molecule has 106 valence electrons. The number of hydrogen-bond donors (Lipinski definition) is 0. The van der Waals surface area contributed by atoms with Gasteiger partial charge in [0, 0.05) is 36.3 Å². The van der Waals surface area contributed by atoms with Crippen LogP contribution in [0.1, 0.15) is 57.5 Å². The van der Waals surface area contributed by atoms with Crippen LogP contribution in [-0.2, 0) is 19.4 Å². The minimum atomic E-state index is 0.409. The minimum absolute atomic E-state index is 0.409. The van der Waals surface area contributed by atoms with Gasteiger partial charge in [-0.2, -0.15) is 0 Å². The summed E-state index contributed by atoms with van der Waals surface area (Å²) < 4.78 is 0. The highest BCUT2D eigenvalue weighted by Gasteiger charge is 2.44. The lowest BCUT2D eigenvalue weighted by Crippen LogP contribution is -2.40. The summed E-state index contributed by atoms with van der Waals surface area (Å²) in [5, 5.41) is 0.409. The van der Waals surface area contributed by atoms with Crippen LogP contribution < -0.4 is 0 Å². The van der Waals surface area contributed by atoms with Crippen molar-refractivity contribution in [2.45, 2.75) is 65.5 Å². The highest BCUT2D eigenvalue weighted by atomic mass is 35.5. The molecule has 19 heavy (non-hydrogen) atoms. The van der Waals surface area contributed by atoms with Crippen molar-refractivity contribution in [2.75, 3.05) is 6.54 Å². The van der Waals surface area contributed by atoms with Crippen molar-refractivity contribution in [1.29, 1.82) is 0 Å². The predicted octanol–water partition coefficient (Wildman–Crippen LogP) is 3.63. The monoisotopic (exact) mass is 281 g/mol. The van der Waals surface area contributed by atoms with Crippen LogP contribution in [-0.4, -0.2) is 27.0 Å². The lowest BCUT2D eigenvalue weighted by molar-refractivity contribution is 0.170. The van der Waals surface area contributed by atoms with Gasteiger partial charge in [-0.1, -0.05) is 20.8 Å². The number of rotatable bonds is 2. The van der Waals surface area contributed by atoms with Crippen molar-refractivity contribution in [1.82, 2.24) is 14.9 Å². The molecule has 0 aromatic carbocycles. The first-order valence-corrected chi connectivity index (χ1v) is 7.79. The van der Waals surface area contributed by atoms with Crippen LogP contribution in [0, 0.1) is 0 Å². The largest absolute Gasteiger partial charge is 0.293 e. The minimum Gasteiger partial charge on any atom is -0.293 e. The van der Waals surface area contributed by atoms with Crippen molar-refractivity contribution >= 4 is 11.6 Å². The van der Waals surface area contributed by atoms with E-state index in [-0.39, 0.29) is 0 Å². The van der Waals surface area contributed by atoms with Crippen LogP contribution >= 0.6 is 11.6 Å². The normalized spacial score (nSPS) is 20.3. The zero-order valence-corrected chi connectivity index (χ0v) is 13.2. The molecule has 0 atom stereocenters. The van der Waals surface area contributed by atoms with Crippen LogP contribution in [0.3, 0.4) is 0 Å². The van der Waals surface area contributed by atoms with E-state index in [1.54, 1.807) is 0 Å². The van der Waals surface area contributed by atoms with Gasteiger partial charge in [0.25, 0.3) is 0 Å². The Balaban J connectivity index is 0.000000637. The van der Waals surface area contributed by atoms with Crippen molar-refractivity contribution < 1.29 is 0 Å². The summed E-state index contributed by atoms with van der Waals surface area (Å²) in [6, 6.07) is 0. The summed E-state index contributed by atoms with van der Waals surface area (Å²) in [5.41, 5.74) is 4.08. The fourth-order valence-corrected chi connectivity index (χ4v) is 2.90. The van der Waals surface area contributed by atoms with Gasteiger partial charge in [-0.15, -0.1) is 0 Å². The summed E-state index contributed by atoms with van der Waals surface area (Å²) in [6.45, 7) is 10.6. The predicted molar refractivity (Wildman–Crippen MR) is 79.5 cm³/mol. The fraction of sp³-hybridized carbons (Fsp3) is 0.733. The smallest absolute Gasteiger partial charge is 0.222 e. The van der Waals surface area contributed by atoms with Crippen LogP contribution in [0.5, 0.6) is 0 Å². The Hall–Kier alpha value is -0.670. The first-order chi connectivity index (χ1) is 9.12. The Kier molecular flexibility index (Phi) is 4.46. The molecule has 1 aliphatic heterocycles. The molecule has 0 unspecified atom stereocenters. The number of halogens is 1. The molecule has 1 saturated carbocycles. The maximum Gasteiger partial charge on any atom is 0.222 e. The highest BCUT2D eigenvalue weighted by molar-refractivity contribution is 6.28. The number of fused-ring (bicyclic) bond motifs is 1. The van der Waals surface area contributed by atoms with Gasteiger partial charge in [0.05, 0.1) is 5.69 Å². The molecule has 2 heterocycles. The van der Waals surface area contributed by atoms with Gasteiger partial charge in [-0.05, 0) is 37.8 Å². The van der Waals surface area contributed by atoms with E-state index in [0.29, 0.717) is 10.8 Å². The zero-order valence-electron chi connectivity index (χ0n) is 12.5. The van der Waals surface area contributed by atoms with Crippen molar-refractivity contribution in [3.05, 3.63) is 22.2 Å². The molecule has 4 heteroatoms. The van der Waals surface area contributed by atoms with Gasteiger partial charge in [-0.3, -0.25) is 4.90 Å². The van der Waals surface area contributed by atoms with E-state index in [1.807, 2.05) is 13.8 Å². The third kappa shape index (κ3) is 2.92. The van der Waals surface area contributed by atoms with Crippen molar-refractivity contribution in [3.8, 4) is 0 Å². The molecule has 0 saturated heterocycles. The summed E-state index contributed by atoms with van der Waals surface area (Å²) >= 11 is 5.96. The molecule has 2 aliphatic rings. The van der Waals surface area contributed by atoms with Crippen molar-refractivity contribution in [2.24, 2.45) is 0 Å². The molecular weight excluding hydrogens is 258 g/mol. The van der Waals surface area contributed by atoms with E-state index in [1.165, 1.54) is 24.1 Å². The van der Waals surface area contributed by atoms with Crippen molar-refractivity contribution in [3.63, 3.8) is 0 Å². The van der Waals surface area contributed by atoms with E-state index in [9.17, 15) is 0 Å². The van der Waals surface area contributed by atoms with Crippen LogP contribution in [0.4, 0.5) is 0 Å². The third-order valence-electron chi connectivity index (χ3n) is 4.19. The molecule has 0 radical (unpaired) electrons. The van der Waals surface area contributed by atoms with E-state index < -0.39 is 0 Å². The van der Waals surface area contributed by atoms with Gasteiger partial charge < -0.3 is 0 Å². The summed E-state index contributed by atoms with van der Waals surface area (Å²) in [6.07, 6.45) is 4.62.